The lowest BCUT2D eigenvalue weighted by molar-refractivity contribution is 0.411. The summed E-state index contributed by atoms with van der Waals surface area (Å²) in [6, 6.07) is 6.48. The lowest BCUT2D eigenvalue weighted by Gasteiger charge is -2.07. The third kappa shape index (κ3) is 1.68. The van der Waals surface area contributed by atoms with Gasteiger partial charge in [0.25, 0.3) is 0 Å². The molecule has 0 amide bonds. The van der Waals surface area contributed by atoms with Gasteiger partial charge in [-0.25, -0.2) is 0 Å². The van der Waals surface area contributed by atoms with E-state index in [-0.39, 0.29) is 11.5 Å². The molecule has 1 saturated carbocycles. The highest BCUT2D eigenvalue weighted by Crippen LogP contribution is 2.57. The van der Waals surface area contributed by atoms with E-state index < -0.39 is 0 Å². The van der Waals surface area contributed by atoms with E-state index in [1.165, 1.54) is 5.56 Å². The van der Waals surface area contributed by atoms with E-state index in [1.54, 1.807) is 7.11 Å². The molecule has 3 heteroatoms. The first-order valence-corrected chi connectivity index (χ1v) is 5.87. The van der Waals surface area contributed by atoms with Gasteiger partial charge in [0, 0.05) is 12.0 Å². The first kappa shape index (κ1) is 11.0. The SMILES string of the molecule is COc1cc(C2C(N)C2(C)C)ccc1Br. The van der Waals surface area contributed by atoms with Gasteiger partial charge in [-0.3, -0.25) is 0 Å². The van der Waals surface area contributed by atoms with Crippen LogP contribution in [0.2, 0.25) is 0 Å². The Hall–Kier alpha value is -0.540. The fourth-order valence-corrected chi connectivity index (χ4v) is 2.59. The van der Waals surface area contributed by atoms with Gasteiger partial charge >= 0.3 is 0 Å². The highest BCUT2D eigenvalue weighted by molar-refractivity contribution is 9.10. The number of halogens is 1. The monoisotopic (exact) mass is 269 g/mol. The zero-order valence-electron chi connectivity index (χ0n) is 9.25. The van der Waals surface area contributed by atoms with Gasteiger partial charge in [0.05, 0.1) is 11.6 Å². The third-order valence-electron chi connectivity index (χ3n) is 3.44. The van der Waals surface area contributed by atoms with Crippen molar-refractivity contribution < 1.29 is 4.74 Å². The highest BCUT2D eigenvalue weighted by Gasteiger charge is 2.56. The molecule has 0 aromatic heterocycles. The smallest absolute Gasteiger partial charge is 0.133 e. The fourth-order valence-electron chi connectivity index (χ4n) is 2.18. The van der Waals surface area contributed by atoms with Crippen LogP contribution in [0.1, 0.15) is 25.3 Å². The van der Waals surface area contributed by atoms with Gasteiger partial charge in [-0.05, 0) is 39.0 Å². The van der Waals surface area contributed by atoms with Gasteiger partial charge in [0.1, 0.15) is 5.75 Å². The van der Waals surface area contributed by atoms with Gasteiger partial charge in [-0.2, -0.15) is 0 Å². The summed E-state index contributed by atoms with van der Waals surface area (Å²) in [4.78, 5) is 0. The zero-order chi connectivity index (χ0) is 11.2. The van der Waals surface area contributed by atoms with Crippen molar-refractivity contribution in [3.8, 4) is 5.75 Å². The van der Waals surface area contributed by atoms with Crippen LogP contribution in [0, 0.1) is 5.41 Å². The Morgan fingerprint density at radius 2 is 2.00 bits per heavy atom. The summed E-state index contributed by atoms with van der Waals surface area (Å²) in [6.45, 7) is 4.41. The first-order valence-electron chi connectivity index (χ1n) is 5.07. The first-order chi connectivity index (χ1) is 6.98. The average Bonchev–Trinajstić information content (AvgIpc) is 2.68. The van der Waals surface area contributed by atoms with Crippen LogP contribution in [0.3, 0.4) is 0 Å². The minimum atomic E-state index is 0.221. The summed E-state index contributed by atoms with van der Waals surface area (Å²) in [5, 5.41) is 0. The molecule has 1 aromatic rings. The summed E-state index contributed by atoms with van der Waals surface area (Å²) in [7, 11) is 1.68. The number of rotatable bonds is 2. The van der Waals surface area contributed by atoms with Crippen LogP contribution in [0.15, 0.2) is 22.7 Å². The van der Waals surface area contributed by atoms with Gasteiger partial charge in [-0.15, -0.1) is 0 Å². The van der Waals surface area contributed by atoms with E-state index in [1.807, 2.05) is 6.07 Å². The van der Waals surface area contributed by atoms with Crippen molar-refractivity contribution in [3.05, 3.63) is 28.2 Å². The number of hydrogen-bond acceptors (Lipinski definition) is 2. The molecule has 0 aliphatic heterocycles. The lowest BCUT2D eigenvalue weighted by Crippen LogP contribution is -2.06. The Morgan fingerprint density at radius 1 is 1.40 bits per heavy atom. The molecule has 1 aliphatic carbocycles. The number of hydrogen-bond donors (Lipinski definition) is 1. The number of nitrogens with two attached hydrogens (primary N) is 1. The molecule has 2 nitrogen and oxygen atoms in total. The number of ether oxygens (including phenoxy) is 1. The van der Waals surface area contributed by atoms with Crippen LogP contribution in [-0.2, 0) is 0 Å². The topological polar surface area (TPSA) is 35.2 Å². The summed E-state index contributed by atoms with van der Waals surface area (Å²) < 4.78 is 6.27. The largest absolute Gasteiger partial charge is 0.496 e. The summed E-state index contributed by atoms with van der Waals surface area (Å²) in [5.41, 5.74) is 7.55. The summed E-state index contributed by atoms with van der Waals surface area (Å²) >= 11 is 3.45. The van der Waals surface area contributed by atoms with E-state index in [9.17, 15) is 0 Å². The molecule has 82 valence electrons. The predicted molar refractivity (Wildman–Crippen MR) is 65.2 cm³/mol. The molecule has 2 unspecified atom stereocenters. The molecule has 0 heterocycles. The maximum atomic E-state index is 6.05. The molecule has 1 fully saturated rings. The highest BCUT2D eigenvalue weighted by atomic mass is 79.9. The molecule has 0 bridgehead atoms. The van der Waals surface area contributed by atoms with E-state index >= 15 is 0 Å². The molecule has 2 N–H and O–H groups in total. The van der Waals surface area contributed by atoms with Crippen molar-refractivity contribution in [2.75, 3.05) is 7.11 Å². The van der Waals surface area contributed by atoms with Gasteiger partial charge in [-0.1, -0.05) is 19.9 Å². The van der Waals surface area contributed by atoms with E-state index in [2.05, 4.69) is 41.9 Å². The van der Waals surface area contributed by atoms with Crippen molar-refractivity contribution in [3.63, 3.8) is 0 Å². The molecular formula is C12H16BrNO. The Balaban J connectivity index is 2.32. The number of methoxy groups -OCH3 is 1. The standard InChI is InChI=1S/C12H16BrNO/c1-12(2)10(11(12)14)7-4-5-8(13)9(6-7)15-3/h4-6,10-11H,14H2,1-3H3. The van der Waals surface area contributed by atoms with Gasteiger partial charge in [0.2, 0.25) is 0 Å². The molecule has 0 spiro atoms. The Labute approximate surface area is 98.9 Å². The molecule has 2 atom stereocenters. The Kier molecular flexibility index (Phi) is 2.55. The zero-order valence-corrected chi connectivity index (χ0v) is 10.8. The van der Waals surface area contributed by atoms with E-state index in [0.29, 0.717) is 5.92 Å². The maximum absolute atomic E-state index is 6.05. The van der Waals surface area contributed by atoms with Crippen molar-refractivity contribution in [2.45, 2.75) is 25.8 Å². The normalized spacial score (nSPS) is 27.5. The van der Waals surface area contributed by atoms with Crippen LogP contribution < -0.4 is 10.5 Å². The minimum Gasteiger partial charge on any atom is -0.496 e. The molecule has 15 heavy (non-hydrogen) atoms. The second kappa shape index (κ2) is 3.49. The van der Waals surface area contributed by atoms with Crippen molar-refractivity contribution in [1.29, 1.82) is 0 Å². The lowest BCUT2D eigenvalue weighted by atomic mass is 10.0. The second-order valence-electron chi connectivity index (χ2n) is 4.72. The second-order valence-corrected chi connectivity index (χ2v) is 5.57. The quantitative estimate of drug-likeness (QED) is 0.896. The molecule has 0 saturated heterocycles. The van der Waals surface area contributed by atoms with Crippen LogP contribution in [-0.4, -0.2) is 13.2 Å². The van der Waals surface area contributed by atoms with Crippen LogP contribution >= 0.6 is 15.9 Å². The van der Waals surface area contributed by atoms with Crippen molar-refractivity contribution in [1.82, 2.24) is 0 Å². The summed E-state index contributed by atoms with van der Waals surface area (Å²) in [6.07, 6.45) is 0. The Bertz CT molecular complexity index is 389. The predicted octanol–water partition coefficient (Wildman–Crippen LogP) is 2.91. The summed E-state index contributed by atoms with van der Waals surface area (Å²) in [5.74, 6) is 1.34. The van der Waals surface area contributed by atoms with E-state index in [4.69, 9.17) is 10.5 Å². The Morgan fingerprint density at radius 3 is 2.47 bits per heavy atom. The molecule has 1 aliphatic rings. The number of benzene rings is 1. The van der Waals surface area contributed by atoms with Gasteiger partial charge in [0.15, 0.2) is 0 Å². The van der Waals surface area contributed by atoms with Crippen LogP contribution in [0.25, 0.3) is 0 Å². The molecule has 2 rings (SSSR count). The minimum absolute atomic E-state index is 0.221. The maximum Gasteiger partial charge on any atom is 0.133 e. The van der Waals surface area contributed by atoms with E-state index in [0.717, 1.165) is 10.2 Å². The molecule has 1 aromatic carbocycles. The third-order valence-corrected chi connectivity index (χ3v) is 4.10. The molecule has 0 radical (unpaired) electrons. The van der Waals surface area contributed by atoms with Crippen molar-refractivity contribution in [2.24, 2.45) is 11.1 Å². The molecular weight excluding hydrogens is 254 g/mol. The fraction of sp³-hybridized carbons (Fsp3) is 0.500. The van der Waals surface area contributed by atoms with Gasteiger partial charge < -0.3 is 10.5 Å². The van der Waals surface area contributed by atoms with Crippen molar-refractivity contribution >= 4 is 15.9 Å². The van der Waals surface area contributed by atoms with Crippen LogP contribution in [0.4, 0.5) is 0 Å². The average molecular weight is 270 g/mol. The van der Waals surface area contributed by atoms with Crippen LogP contribution in [0.5, 0.6) is 5.75 Å².